The fraction of sp³-hybridized carbons (Fsp3) is 0.538. The van der Waals surface area contributed by atoms with Crippen LogP contribution in [0.5, 0.6) is 0 Å². The molecule has 1 heterocycles. The van der Waals surface area contributed by atoms with Crippen molar-refractivity contribution in [3.63, 3.8) is 0 Å². The molecule has 9 heteroatoms. The van der Waals surface area contributed by atoms with E-state index in [9.17, 15) is 26.0 Å². The number of nitrogens with zero attached hydrogens (tertiary/aromatic N) is 1. The predicted octanol–water partition coefficient (Wildman–Crippen LogP) is 2.51. The van der Waals surface area contributed by atoms with Crippen LogP contribution in [-0.2, 0) is 10.0 Å². The minimum Gasteiger partial charge on any atom is -0.369 e. The van der Waals surface area contributed by atoms with Gasteiger partial charge in [0.05, 0.1) is 16.5 Å². The van der Waals surface area contributed by atoms with Crippen molar-refractivity contribution in [2.45, 2.75) is 23.9 Å². The molecular formula is C13H16F4N2O2S. The van der Waals surface area contributed by atoms with Gasteiger partial charge in [-0.2, -0.15) is 13.2 Å². The van der Waals surface area contributed by atoms with Crippen LogP contribution in [0.1, 0.15) is 12.8 Å². The maximum atomic E-state index is 14.1. The molecule has 1 atom stereocenters. The van der Waals surface area contributed by atoms with Crippen LogP contribution in [-0.4, -0.2) is 34.7 Å². The molecule has 0 saturated carbocycles. The molecule has 1 saturated heterocycles. The Morgan fingerprint density at radius 2 is 2.00 bits per heavy atom. The highest BCUT2D eigenvalue weighted by Crippen LogP contribution is 2.35. The van der Waals surface area contributed by atoms with E-state index in [1.165, 1.54) is 24.1 Å². The summed E-state index contributed by atoms with van der Waals surface area (Å²) in [6.45, 7) is -0.0137. The van der Waals surface area contributed by atoms with E-state index in [1.807, 2.05) is 0 Å². The number of alkyl halides is 3. The molecule has 1 aliphatic heterocycles. The Kier molecular flexibility index (Phi) is 4.67. The van der Waals surface area contributed by atoms with Gasteiger partial charge < -0.3 is 4.90 Å². The second kappa shape index (κ2) is 6.04. The van der Waals surface area contributed by atoms with Crippen LogP contribution < -0.4 is 9.62 Å². The van der Waals surface area contributed by atoms with Gasteiger partial charge in [0.25, 0.3) is 0 Å². The summed E-state index contributed by atoms with van der Waals surface area (Å²) >= 11 is 0. The fourth-order valence-corrected chi connectivity index (χ4v) is 3.23. The Morgan fingerprint density at radius 3 is 2.55 bits per heavy atom. The molecule has 124 valence electrons. The van der Waals surface area contributed by atoms with Crippen LogP contribution in [0.2, 0.25) is 0 Å². The highest BCUT2D eigenvalue weighted by molar-refractivity contribution is 7.89. The van der Waals surface area contributed by atoms with E-state index < -0.39 is 27.9 Å². The van der Waals surface area contributed by atoms with Crippen LogP contribution in [0.15, 0.2) is 23.1 Å². The van der Waals surface area contributed by atoms with Gasteiger partial charge in [0, 0.05) is 13.1 Å². The highest BCUT2D eigenvalue weighted by Gasteiger charge is 2.42. The molecule has 0 aliphatic carbocycles. The molecule has 2 rings (SSSR count). The third-order valence-electron chi connectivity index (χ3n) is 3.72. The Labute approximate surface area is 126 Å². The molecular weight excluding hydrogens is 324 g/mol. The molecule has 1 aliphatic rings. The standard InChI is InChI=1S/C13H16F4N2O2S/c1-18-22(20,21)10-4-5-12(11(14)7-10)19-6-2-3-9(8-19)13(15,16)17/h4-5,7,9,18H,2-3,6,8H2,1H3. The molecule has 0 aromatic heterocycles. The first kappa shape index (κ1) is 17.0. The Morgan fingerprint density at radius 1 is 1.32 bits per heavy atom. The Bertz CT molecular complexity index is 646. The van der Waals surface area contributed by atoms with Crippen molar-refractivity contribution in [1.29, 1.82) is 0 Å². The molecule has 0 radical (unpaired) electrons. The summed E-state index contributed by atoms with van der Waals surface area (Å²) in [6.07, 6.45) is -3.99. The topological polar surface area (TPSA) is 49.4 Å². The lowest BCUT2D eigenvalue weighted by atomic mass is 9.97. The number of nitrogens with one attached hydrogen (secondary N) is 1. The van der Waals surface area contributed by atoms with Gasteiger partial charge in [0.15, 0.2) is 0 Å². The summed E-state index contributed by atoms with van der Waals surface area (Å²) in [5.74, 6) is -2.35. The number of halogens is 4. The SMILES string of the molecule is CNS(=O)(=O)c1ccc(N2CCCC(C(F)(F)F)C2)c(F)c1. The van der Waals surface area contributed by atoms with Crippen LogP contribution in [0.25, 0.3) is 0 Å². The van der Waals surface area contributed by atoms with Gasteiger partial charge in [-0.1, -0.05) is 0 Å². The third-order valence-corrected chi connectivity index (χ3v) is 5.14. The third kappa shape index (κ3) is 3.52. The fourth-order valence-electron chi connectivity index (χ4n) is 2.49. The van der Waals surface area contributed by atoms with Crippen molar-refractivity contribution < 1.29 is 26.0 Å². The average Bonchev–Trinajstić information content (AvgIpc) is 2.46. The first-order chi connectivity index (χ1) is 10.1. The van der Waals surface area contributed by atoms with Gasteiger partial charge in [0.2, 0.25) is 10.0 Å². The zero-order chi connectivity index (χ0) is 16.5. The van der Waals surface area contributed by atoms with Crippen molar-refractivity contribution in [2.75, 3.05) is 25.0 Å². The molecule has 1 aromatic carbocycles. The van der Waals surface area contributed by atoms with Crippen molar-refractivity contribution in [1.82, 2.24) is 4.72 Å². The molecule has 22 heavy (non-hydrogen) atoms. The molecule has 0 spiro atoms. The number of benzene rings is 1. The lowest BCUT2D eigenvalue weighted by Crippen LogP contribution is -2.42. The zero-order valence-electron chi connectivity index (χ0n) is 11.8. The van der Waals surface area contributed by atoms with Crippen molar-refractivity contribution in [2.24, 2.45) is 5.92 Å². The van der Waals surface area contributed by atoms with Gasteiger partial charge in [-0.15, -0.1) is 0 Å². The van der Waals surface area contributed by atoms with Crippen LogP contribution in [0.3, 0.4) is 0 Å². The predicted molar refractivity (Wildman–Crippen MR) is 73.6 cm³/mol. The lowest BCUT2D eigenvalue weighted by molar-refractivity contribution is -0.176. The first-order valence-electron chi connectivity index (χ1n) is 6.70. The summed E-state index contributed by atoms with van der Waals surface area (Å²) in [7, 11) is -2.60. The van der Waals surface area contributed by atoms with Gasteiger partial charge in [-0.25, -0.2) is 17.5 Å². The Balaban J connectivity index is 2.26. The van der Waals surface area contributed by atoms with Gasteiger partial charge in [-0.3, -0.25) is 0 Å². The van der Waals surface area contributed by atoms with Gasteiger partial charge in [-0.05, 0) is 38.1 Å². The summed E-state index contributed by atoms with van der Waals surface area (Å²) < 4.78 is 77.7. The van der Waals surface area contributed by atoms with E-state index in [2.05, 4.69) is 4.72 Å². The summed E-state index contributed by atoms with van der Waals surface area (Å²) in [6, 6.07) is 3.21. The second-order valence-corrected chi connectivity index (χ2v) is 7.03. The van der Waals surface area contributed by atoms with E-state index in [0.29, 0.717) is 13.0 Å². The molecule has 1 N–H and O–H groups in total. The summed E-state index contributed by atoms with van der Waals surface area (Å²) in [4.78, 5) is 1.05. The number of hydrogen-bond acceptors (Lipinski definition) is 3. The van der Waals surface area contributed by atoms with E-state index >= 15 is 0 Å². The van der Waals surface area contributed by atoms with Crippen molar-refractivity contribution in [3.8, 4) is 0 Å². The molecule has 1 aromatic rings. The van der Waals surface area contributed by atoms with E-state index in [0.717, 1.165) is 6.07 Å². The van der Waals surface area contributed by atoms with E-state index in [1.54, 1.807) is 0 Å². The molecule has 4 nitrogen and oxygen atoms in total. The number of piperidine rings is 1. The summed E-state index contributed by atoms with van der Waals surface area (Å²) in [5, 5.41) is 0. The molecule has 1 fully saturated rings. The minimum atomic E-state index is -4.31. The monoisotopic (exact) mass is 340 g/mol. The number of sulfonamides is 1. The van der Waals surface area contributed by atoms with Crippen molar-refractivity contribution >= 4 is 15.7 Å². The smallest absolute Gasteiger partial charge is 0.369 e. The lowest BCUT2D eigenvalue weighted by Gasteiger charge is -2.35. The normalized spacial score (nSPS) is 20.2. The summed E-state index contributed by atoms with van der Waals surface area (Å²) in [5.41, 5.74) is -0.0102. The average molecular weight is 340 g/mol. The highest BCUT2D eigenvalue weighted by atomic mass is 32.2. The number of hydrogen-bond donors (Lipinski definition) is 1. The van der Waals surface area contributed by atoms with E-state index in [4.69, 9.17) is 0 Å². The quantitative estimate of drug-likeness (QED) is 0.860. The maximum absolute atomic E-state index is 14.1. The van der Waals surface area contributed by atoms with Crippen LogP contribution >= 0.6 is 0 Å². The number of anilines is 1. The number of rotatable bonds is 3. The zero-order valence-corrected chi connectivity index (χ0v) is 12.6. The van der Waals surface area contributed by atoms with Crippen LogP contribution in [0, 0.1) is 11.7 Å². The largest absolute Gasteiger partial charge is 0.393 e. The Hall–Kier alpha value is -1.35. The molecule has 0 bridgehead atoms. The van der Waals surface area contributed by atoms with Crippen LogP contribution in [0.4, 0.5) is 23.2 Å². The molecule has 0 amide bonds. The van der Waals surface area contributed by atoms with Crippen molar-refractivity contribution in [3.05, 3.63) is 24.0 Å². The van der Waals surface area contributed by atoms with Gasteiger partial charge >= 0.3 is 6.18 Å². The molecule has 1 unspecified atom stereocenters. The minimum absolute atomic E-state index is 0.0102. The second-order valence-electron chi connectivity index (χ2n) is 5.15. The first-order valence-corrected chi connectivity index (χ1v) is 8.18. The maximum Gasteiger partial charge on any atom is 0.393 e. The van der Waals surface area contributed by atoms with E-state index in [-0.39, 0.29) is 23.5 Å². The van der Waals surface area contributed by atoms with Gasteiger partial charge in [0.1, 0.15) is 5.82 Å².